The standard InChI is InChI=1S/C17H28O2/c1-4-5-13-18-14-9-12-17(2,3)19-15-16-10-7-6-8-11-16/h6-8,10-11H,4-5,9,12-15H2,1-3H3. The molecule has 2 nitrogen and oxygen atoms in total. The molecule has 0 fully saturated rings. The van der Waals surface area contributed by atoms with Crippen molar-refractivity contribution in [2.75, 3.05) is 13.2 Å². The van der Waals surface area contributed by atoms with Crippen LogP contribution in [0.1, 0.15) is 52.0 Å². The molecule has 0 N–H and O–H groups in total. The van der Waals surface area contributed by atoms with Crippen molar-refractivity contribution in [1.82, 2.24) is 0 Å². The Balaban J connectivity index is 2.13. The van der Waals surface area contributed by atoms with E-state index in [0.717, 1.165) is 32.5 Å². The lowest BCUT2D eigenvalue weighted by Crippen LogP contribution is -2.24. The predicted octanol–water partition coefficient (Wildman–Crippen LogP) is 4.58. The van der Waals surface area contributed by atoms with Crippen LogP contribution < -0.4 is 0 Å². The molecule has 0 aliphatic carbocycles. The molecule has 0 amide bonds. The minimum atomic E-state index is -0.0794. The Labute approximate surface area is 118 Å². The molecule has 1 aromatic rings. The highest BCUT2D eigenvalue weighted by Gasteiger charge is 2.17. The van der Waals surface area contributed by atoms with E-state index in [4.69, 9.17) is 9.47 Å². The van der Waals surface area contributed by atoms with Crippen LogP contribution in [0.5, 0.6) is 0 Å². The lowest BCUT2D eigenvalue weighted by atomic mass is 10.0. The van der Waals surface area contributed by atoms with Crippen LogP contribution in [-0.2, 0) is 16.1 Å². The number of ether oxygens (including phenoxy) is 2. The number of benzene rings is 1. The highest BCUT2D eigenvalue weighted by molar-refractivity contribution is 5.13. The largest absolute Gasteiger partial charge is 0.381 e. The first-order chi connectivity index (χ1) is 9.14. The first-order valence-corrected chi connectivity index (χ1v) is 7.40. The van der Waals surface area contributed by atoms with E-state index in [1.807, 2.05) is 18.2 Å². The van der Waals surface area contributed by atoms with Gasteiger partial charge in [-0.25, -0.2) is 0 Å². The van der Waals surface area contributed by atoms with Crippen LogP contribution >= 0.6 is 0 Å². The molecule has 1 aromatic carbocycles. The Morgan fingerprint density at radius 3 is 2.37 bits per heavy atom. The topological polar surface area (TPSA) is 18.5 Å². The van der Waals surface area contributed by atoms with E-state index in [-0.39, 0.29) is 5.60 Å². The summed E-state index contributed by atoms with van der Waals surface area (Å²) < 4.78 is 11.6. The van der Waals surface area contributed by atoms with Gasteiger partial charge in [0, 0.05) is 13.2 Å². The molecule has 0 atom stereocenters. The van der Waals surface area contributed by atoms with E-state index >= 15 is 0 Å². The molecule has 2 heteroatoms. The fraction of sp³-hybridized carbons (Fsp3) is 0.647. The summed E-state index contributed by atoms with van der Waals surface area (Å²) in [5.74, 6) is 0. The van der Waals surface area contributed by atoms with Crippen LogP contribution in [0.15, 0.2) is 30.3 Å². The molecule has 0 saturated carbocycles. The van der Waals surface area contributed by atoms with Crippen molar-refractivity contribution < 1.29 is 9.47 Å². The van der Waals surface area contributed by atoms with Crippen LogP contribution in [0, 0.1) is 0 Å². The molecule has 0 heterocycles. The van der Waals surface area contributed by atoms with Crippen molar-refractivity contribution in [2.24, 2.45) is 0 Å². The van der Waals surface area contributed by atoms with Gasteiger partial charge in [0.05, 0.1) is 12.2 Å². The van der Waals surface area contributed by atoms with E-state index in [0.29, 0.717) is 6.61 Å². The Hall–Kier alpha value is -0.860. The second-order valence-electron chi connectivity index (χ2n) is 5.60. The number of hydrogen-bond acceptors (Lipinski definition) is 2. The van der Waals surface area contributed by atoms with E-state index in [9.17, 15) is 0 Å². The zero-order valence-corrected chi connectivity index (χ0v) is 12.7. The molecule has 0 aliphatic rings. The molecule has 19 heavy (non-hydrogen) atoms. The van der Waals surface area contributed by atoms with Gasteiger partial charge in [-0.1, -0.05) is 43.7 Å². The van der Waals surface area contributed by atoms with Gasteiger partial charge in [0.1, 0.15) is 0 Å². The Morgan fingerprint density at radius 2 is 1.68 bits per heavy atom. The van der Waals surface area contributed by atoms with Gasteiger partial charge in [0.25, 0.3) is 0 Å². The van der Waals surface area contributed by atoms with Gasteiger partial charge in [-0.05, 0) is 38.7 Å². The summed E-state index contributed by atoms with van der Waals surface area (Å²) in [6.45, 7) is 8.91. The lowest BCUT2D eigenvalue weighted by molar-refractivity contribution is -0.0403. The van der Waals surface area contributed by atoms with Crippen molar-refractivity contribution in [2.45, 2.75) is 58.7 Å². The summed E-state index contributed by atoms with van der Waals surface area (Å²) in [5.41, 5.74) is 1.15. The Morgan fingerprint density at radius 1 is 1.00 bits per heavy atom. The van der Waals surface area contributed by atoms with Crippen LogP contribution in [0.3, 0.4) is 0 Å². The predicted molar refractivity (Wildman–Crippen MR) is 80.3 cm³/mol. The Bertz CT molecular complexity index is 319. The van der Waals surface area contributed by atoms with Gasteiger partial charge in [0.2, 0.25) is 0 Å². The third-order valence-corrected chi connectivity index (χ3v) is 3.18. The van der Waals surface area contributed by atoms with E-state index in [1.54, 1.807) is 0 Å². The summed E-state index contributed by atoms with van der Waals surface area (Å²) in [7, 11) is 0. The summed E-state index contributed by atoms with van der Waals surface area (Å²) in [6.07, 6.45) is 4.46. The second kappa shape index (κ2) is 9.11. The zero-order chi connectivity index (χ0) is 14.0. The number of hydrogen-bond donors (Lipinski definition) is 0. The average molecular weight is 264 g/mol. The third kappa shape index (κ3) is 8.02. The molecule has 0 spiro atoms. The highest BCUT2D eigenvalue weighted by Crippen LogP contribution is 2.19. The fourth-order valence-electron chi connectivity index (χ4n) is 1.87. The molecule has 0 saturated heterocycles. The van der Waals surface area contributed by atoms with Gasteiger partial charge in [-0.15, -0.1) is 0 Å². The summed E-state index contributed by atoms with van der Waals surface area (Å²) in [6, 6.07) is 10.3. The van der Waals surface area contributed by atoms with Crippen LogP contribution in [0.2, 0.25) is 0 Å². The molecule has 0 radical (unpaired) electrons. The van der Waals surface area contributed by atoms with Crippen LogP contribution in [0.25, 0.3) is 0 Å². The number of unbranched alkanes of at least 4 members (excludes halogenated alkanes) is 1. The molecule has 0 bridgehead atoms. The molecule has 0 unspecified atom stereocenters. The quantitative estimate of drug-likeness (QED) is 0.576. The summed E-state index contributed by atoms with van der Waals surface area (Å²) >= 11 is 0. The SMILES string of the molecule is CCCCOCCCC(C)(C)OCc1ccccc1. The van der Waals surface area contributed by atoms with Gasteiger partial charge in [-0.2, -0.15) is 0 Å². The Kier molecular flexibility index (Phi) is 7.76. The molecule has 0 aliphatic heterocycles. The van der Waals surface area contributed by atoms with Crippen molar-refractivity contribution in [3.8, 4) is 0 Å². The molecule has 108 valence electrons. The lowest BCUT2D eigenvalue weighted by Gasteiger charge is -2.25. The van der Waals surface area contributed by atoms with E-state index < -0.39 is 0 Å². The van der Waals surface area contributed by atoms with Gasteiger partial charge >= 0.3 is 0 Å². The second-order valence-corrected chi connectivity index (χ2v) is 5.60. The maximum absolute atomic E-state index is 5.99. The van der Waals surface area contributed by atoms with Crippen molar-refractivity contribution >= 4 is 0 Å². The van der Waals surface area contributed by atoms with Gasteiger partial charge in [-0.3, -0.25) is 0 Å². The normalized spacial score (nSPS) is 11.7. The maximum Gasteiger partial charge on any atom is 0.0724 e. The average Bonchev–Trinajstić information content (AvgIpc) is 2.42. The zero-order valence-electron chi connectivity index (χ0n) is 12.7. The van der Waals surface area contributed by atoms with Crippen molar-refractivity contribution in [3.63, 3.8) is 0 Å². The van der Waals surface area contributed by atoms with Gasteiger partial charge in [0.15, 0.2) is 0 Å². The van der Waals surface area contributed by atoms with Crippen LogP contribution in [-0.4, -0.2) is 18.8 Å². The van der Waals surface area contributed by atoms with Crippen molar-refractivity contribution in [3.05, 3.63) is 35.9 Å². The molecular formula is C17H28O2. The minimum absolute atomic E-state index is 0.0794. The first-order valence-electron chi connectivity index (χ1n) is 7.40. The minimum Gasteiger partial charge on any atom is -0.381 e. The van der Waals surface area contributed by atoms with E-state index in [1.165, 1.54) is 12.0 Å². The monoisotopic (exact) mass is 264 g/mol. The molecule has 1 rings (SSSR count). The van der Waals surface area contributed by atoms with Crippen molar-refractivity contribution in [1.29, 1.82) is 0 Å². The maximum atomic E-state index is 5.99. The first kappa shape index (κ1) is 16.2. The third-order valence-electron chi connectivity index (χ3n) is 3.18. The highest BCUT2D eigenvalue weighted by atomic mass is 16.5. The molecule has 0 aromatic heterocycles. The fourth-order valence-corrected chi connectivity index (χ4v) is 1.87. The molecular weight excluding hydrogens is 236 g/mol. The van der Waals surface area contributed by atoms with E-state index in [2.05, 4.69) is 32.9 Å². The summed E-state index contributed by atoms with van der Waals surface area (Å²) in [4.78, 5) is 0. The number of rotatable bonds is 10. The van der Waals surface area contributed by atoms with Gasteiger partial charge < -0.3 is 9.47 Å². The smallest absolute Gasteiger partial charge is 0.0724 e. The van der Waals surface area contributed by atoms with Crippen LogP contribution in [0.4, 0.5) is 0 Å². The summed E-state index contributed by atoms with van der Waals surface area (Å²) in [5, 5.41) is 0.